The molecule has 8 heteroatoms. The molecule has 1 N–H and O–H groups in total. The summed E-state index contributed by atoms with van der Waals surface area (Å²) in [5, 5.41) is 2.93. The van der Waals surface area contributed by atoms with E-state index >= 15 is 0 Å². The minimum atomic E-state index is -0.194. The van der Waals surface area contributed by atoms with E-state index < -0.39 is 0 Å². The number of nitrogens with zero attached hydrogens (tertiary/aromatic N) is 3. The van der Waals surface area contributed by atoms with Crippen molar-refractivity contribution >= 4 is 5.91 Å². The number of aromatic nitrogens is 1. The van der Waals surface area contributed by atoms with Crippen molar-refractivity contribution in [2.24, 2.45) is 0 Å². The van der Waals surface area contributed by atoms with Gasteiger partial charge in [0, 0.05) is 44.3 Å². The maximum Gasteiger partial charge on any atom is 0.273 e. The molecule has 1 saturated heterocycles. The lowest BCUT2D eigenvalue weighted by Crippen LogP contribution is -2.41. The number of carbonyl (C=O) groups is 1. The van der Waals surface area contributed by atoms with Crippen molar-refractivity contribution in [1.29, 1.82) is 0 Å². The van der Waals surface area contributed by atoms with Gasteiger partial charge in [0.15, 0.2) is 5.69 Å². The zero-order valence-electron chi connectivity index (χ0n) is 17.5. The first-order valence-electron chi connectivity index (χ1n) is 10.6. The van der Waals surface area contributed by atoms with E-state index in [1.807, 2.05) is 18.2 Å². The summed E-state index contributed by atoms with van der Waals surface area (Å²) in [6.07, 6.45) is 3.79. The van der Waals surface area contributed by atoms with E-state index in [0.717, 1.165) is 50.7 Å². The number of amides is 1. The number of hydrogen-bond acceptors (Lipinski definition) is 7. The summed E-state index contributed by atoms with van der Waals surface area (Å²) in [7, 11) is 1.69. The molecule has 1 aliphatic carbocycles. The van der Waals surface area contributed by atoms with Crippen LogP contribution in [0.2, 0.25) is 0 Å². The Hall–Kier alpha value is -2.42. The summed E-state index contributed by atoms with van der Waals surface area (Å²) in [6, 6.07) is 8.57. The zero-order valence-corrected chi connectivity index (χ0v) is 17.5. The van der Waals surface area contributed by atoms with Crippen molar-refractivity contribution < 1.29 is 18.7 Å². The van der Waals surface area contributed by atoms with E-state index in [0.29, 0.717) is 30.7 Å². The van der Waals surface area contributed by atoms with Crippen LogP contribution >= 0.6 is 0 Å². The molecule has 0 radical (unpaired) electrons. The fraction of sp³-hybridized carbons (Fsp3) is 0.545. The minimum Gasteiger partial charge on any atom is -0.496 e. The molecule has 162 valence electrons. The van der Waals surface area contributed by atoms with E-state index in [1.165, 1.54) is 19.1 Å². The first-order valence-corrected chi connectivity index (χ1v) is 10.6. The molecule has 1 amide bonds. The second-order valence-electron chi connectivity index (χ2n) is 7.78. The molecular formula is C22H30N4O4. The number of hydrogen-bond donors (Lipinski definition) is 1. The number of benzene rings is 1. The molecule has 1 aliphatic heterocycles. The number of morpholine rings is 1. The van der Waals surface area contributed by atoms with Crippen LogP contribution in [0.3, 0.4) is 0 Å². The third kappa shape index (κ3) is 5.59. The summed E-state index contributed by atoms with van der Waals surface area (Å²) in [5.74, 6) is 1.26. The molecule has 1 aromatic carbocycles. The van der Waals surface area contributed by atoms with Crippen LogP contribution in [0.4, 0.5) is 0 Å². The third-order valence-electron chi connectivity index (χ3n) is 5.57. The molecule has 30 heavy (non-hydrogen) atoms. The highest BCUT2D eigenvalue weighted by atomic mass is 16.5. The third-order valence-corrected chi connectivity index (χ3v) is 5.57. The highest BCUT2D eigenvalue weighted by Crippen LogP contribution is 2.31. The van der Waals surface area contributed by atoms with Gasteiger partial charge >= 0.3 is 0 Å². The maximum atomic E-state index is 12.4. The van der Waals surface area contributed by atoms with Gasteiger partial charge in [0.25, 0.3) is 5.91 Å². The van der Waals surface area contributed by atoms with Crippen molar-refractivity contribution in [3.63, 3.8) is 0 Å². The van der Waals surface area contributed by atoms with E-state index in [2.05, 4.69) is 26.2 Å². The molecule has 1 saturated carbocycles. The van der Waals surface area contributed by atoms with Gasteiger partial charge in [-0.25, -0.2) is 4.98 Å². The second kappa shape index (κ2) is 10.1. The standard InChI is InChI=1S/C22H30N4O4/c1-28-20-5-3-2-4-17(20)14-26(18-6-7-18)15-21-24-19(16-30-21)22(27)23-8-9-25-10-12-29-13-11-25/h2-5,16,18H,6-15H2,1H3,(H,23,27). The number of rotatable bonds is 10. The second-order valence-corrected chi connectivity index (χ2v) is 7.78. The van der Waals surface area contributed by atoms with Crippen molar-refractivity contribution in [2.45, 2.75) is 32.0 Å². The van der Waals surface area contributed by atoms with Crippen LogP contribution in [0.15, 0.2) is 34.9 Å². The zero-order chi connectivity index (χ0) is 20.8. The van der Waals surface area contributed by atoms with Crippen molar-refractivity contribution in [1.82, 2.24) is 20.1 Å². The Morgan fingerprint density at radius 2 is 2.07 bits per heavy atom. The van der Waals surface area contributed by atoms with Gasteiger partial charge in [0.1, 0.15) is 12.0 Å². The summed E-state index contributed by atoms with van der Waals surface area (Å²) < 4.78 is 16.4. The average Bonchev–Trinajstić information content (AvgIpc) is 3.52. The molecular weight excluding hydrogens is 384 g/mol. The Morgan fingerprint density at radius 1 is 1.27 bits per heavy atom. The summed E-state index contributed by atoms with van der Waals surface area (Å²) in [5.41, 5.74) is 1.47. The number of para-hydroxylation sites is 1. The van der Waals surface area contributed by atoms with Crippen LogP contribution in [-0.4, -0.2) is 73.2 Å². The van der Waals surface area contributed by atoms with Crippen LogP contribution in [-0.2, 0) is 17.8 Å². The first-order chi connectivity index (χ1) is 14.7. The molecule has 2 fully saturated rings. The van der Waals surface area contributed by atoms with Crippen molar-refractivity contribution in [3.05, 3.63) is 47.7 Å². The van der Waals surface area contributed by atoms with Crippen molar-refractivity contribution in [3.8, 4) is 5.75 Å². The predicted octanol–water partition coefficient (Wildman–Crippen LogP) is 1.91. The first kappa shape index (κ1) is 20.8. The van der Waals surface area contributed by atoms with Gasteiger partial charge in [-0.1, -0.05) is 18.2 Å². The van der Waals surface area contributed by atoms with Gasteiger partial charge in [0.05, 0.1) is 26.9 Å². The fourth-order valence-corrected chi connectivity index (χ4v) is 3.71. The Balaban J connectivity index is 1.30. The summed E-state index contributed by atoms with van der Waals surface area (Å²) in [6.45, 7) is 6.07. The van der Waals surface area contributed by atoms with E-state index in [-0.39, 0.29) is 5.91 Å². The number of ether oxygens (including phenoxy) is 2. The van der Waals surface area contributed by atoms with Gasteiger partial charge in [-0.3, -0.25) is 14.6 Å². The quantitative estimate of drug-likeness (QED) is 0.636. The SMILES string of the molecule is COc1ccccc1CN(Cc1nc(C(=O)NCCN2CCOCC2)co1)C1CC1. The van der Waals surface area contributed by atoms with Crippen LogP contribution in [0, 0.1) is 0 Å². The lowest BCUT2D eigenvalue weighted by atomic mass is 10.2. The van der Waals surface area contributed by atoms with Crippen LogP contribution < -0.4 is 10.1 Å². The lowest BCUT2D eigenvalue weighted by Gasteiger charge is -2.26. The van der Waals surface area contributed by atoms with Crippen molar-refractivity contribution in [2.75, 3.05) is 46.5 Å². The molecule has 4 rings (SSSR count). The van der Waals surface area contributed by atoms with Gasteiger partial charge in [-0.05, 0) is 18.9 Å². The summed E-state index contributed by atoms with van der Waals surface area (Å²) >= 11 is 0. The molecule has 1 aromatic heterocycles. The van der Waals surface area contributed by atoms with Gasteiger partial charge in [0.2, 0.25) is 5.89 Å². The summed E-state index contributed by atoms with van der Waals surface area (Å²) in [4.78, 5) is 21.4. The fourth-order valence-electron chi connectivity index (χ4n) is 3.71. The average molecular weight is 415 g/mol. The predicted molar refractivity (Wildman–Crippen MR) is 111 cm³/mol. The number of carbonyl (C=O) groups excluding carboxylic acids is 1. The normalized spacial score (nSPS) is 17.3. The van der Waals surface area contributed by atoms with E-state index in [9.17, 15) is 4.79 Å². The molecule has 0 bridgehead atoms. The van der Waals surface area contributed by atoms with Gasteiger partial charge in [-0.2, -0.15) is 0 Å². The molecule has 0 unspecified atom stereocenters. The molecule has 0 spiro atoms. The molecule has 2 aliphatic rings. The highest BCUT2D eigenvalue weighted by molar-refractivity contribution is 5.91. The van der Waals surface area contributed by atoms with E-state index in [4.69, 9.17) is 13.9 Å². The largest absolute Gasteiger partial charge is 0.496 e. The molecule has 0 atom stereocenters. The Labute approximate surface area is 177 Å². The van der Waals surface area contributed by atoms with E-state index in [1.54, 1.807) is 7.11 Å². The number of oxazole rings is 1. The monoisotopic (exact) mass is 414 g/mol. The van der Waals surface area contributed by atoms with Gasteiger partial charge < -0.3 is 19.2 Å². The van der Waals surface area contributed by atoms with Crippen LogP contribution in [0.25, 0.3) is 0 Å². The molecule has 8 nitrogen and oxygen atoms in total. The number of methoxy groups -OCH3 is 1. The van der Waals surface area contributed by atoms with Gasteiger partial charge in [-0.15, -0.1) is 0 Å². The Bertz CT molecular complexity index is 830. The lowest BCUT2D eigenvalue weighted by molar-refractivity contribution is 0.0383. The Kier molecular flexibility index (Phi) is 6.99. The Morgan fingerprint density at radius 3 is 2.83 bits per heavy atom. The topological polar surface area (TPSA) is 80.1 Å². The molecule has 2 aromatic rings. The highest BCUT2D eigenvalue weighted by Gasteiger charge is 2.30. The van der Waals surface area contributed by atoms with Crippen LogP contribution in [0.1, 0.15) is 34.8 Å². The van der Waals surface area contributed by atoms with Crippen LogP contribution in [0.5, 0.6) is 5.75 Å². The maximum absolute atomic E-state index is 12.4. The smallest absolute Gasteiger partial charge is 0.273 e. The number of nitrogens with one attached hydrogen (secondary N) is 1. The molecule has 2 heterocycles. The minimum absolute atomic E-state index is 0.194.